The summed E-state index contributed by atoms with van der Waals surface area (Å²) in [7, 11) is 0. The zero-order valence-corrected chi connectivity index (χ0v) is 12.7. The Hall–Kier alpha value is -1.51. The molecule has 3 heteroatoms. The lowest BCUT2D eigenvalue weighted by molar-refractivity contribution is -0.157. The van der Waals surface area contributed by atoms with E-state index in [0.29, 0.717) is 11.6 Å². The van der Waals surface area contributed by atoms with Crippen molar-refractivity contribution in [3.05, 3.63) is 29.8 Å². The van der Waals surface area contributed by atoms with Crippen molar-refractivity contribution >= 4 is 11.7 Å². The molecule has 1 aromatic rings. The molecule has 2 atom stereocenters. The molecule has 2 unspecified atom stereocenters. The van der Waals surface area contributed by atoms with Gasteiger partial charge in [-0.2, -0.15) is 0 Å². The molecule has 0 radical (unpaired) electrons. The largest absolute Gasteiger partial charge is 0.462 e. The Morgan fingerprint density at radius 2 is 1.90 bits per heavy atom. The van der Waals surface area contributed by atoms with Gasteiger partial charge >= 0.3 is 5.97 Å². The predicted octanol–water partition coefficient (Wildman–Crippen LogP) is 3.67. The first-order chi connectivity index (χ1) is 9.39. The molecule has 3 nitrogen and oxygen atoms in total. The highest BCUT2D eigenvalue weighted by Gasteiger charge is 2.34. The summed E-state index contributed by atoms with van der Waals surface area (Å²) in [5, 5.41) is 0. The number of benzene rings is 1. The highest BCUT2D eigenvalue weighted by Crippen LogP contribution is 2.30. The van der Waals surface area contributed by atoms with Gasteiger partial charge in [0, 0.05) is 5.69 Å². The van der Waals surface area contributed by atoms with E-state index < -0.39 is 5.41 Å². The van der Waals surface area contributed by atoms with Gasteiger partial charge in [0.15, 0.2) is 0 Å². The summed E-state index contributed by atoms with van der Waals surface area (Å²) in [5.74, 6) is 0.516. The highest BCUT2D eigenvalue weighted by atomic mass is 16.5. The Balaban J connectivity index is 2.04. The highest BCUT2D eigenvalue weighted by molar-refractivity contribution is 5.82. The van der Waals surface area contributed by atoms with E-state index in [2.05, 4.69) is 6.92 Å². The van der Waals surface area contributed by atoms with Crippen LogP contribution in [0.1, 0.15) is 52.0 Å². The Labute approximate surface area is 121 Å². The van der Waals surface area contributed by atoms with E-state index in [9.17, 15) is 4.79 Å². The lowest BCUT2D eigenvalue weighted by Gasteiger charge is -2.30. The molecule has 110 valence electrons. The third-order valence-electron chi connectivity index (χ3n) is 4.30. The van der Waals surface area contributed by atoms with Crippen molar-refractivity contribution in [3.8, 4) is 0 Å². The monoisotopic (exact) mass is 275 g/mol. The van der Waals surface area contributed by atoms with Crippen LogP contribution in [0.25, 0.3) is 0 Å². The standard InChI is InChI=1S/C17H25NO2/c1-12-5-4-6-15(11-12)20-16(19)17(2,3)13-7-9-14(18)10-8-13/h7-10,12,15H,4-6,11,18H2,1-3H3. The number of nitrogens with two attached hydrogens (primary N) is 1. The number of ether oxygens (including phenoxy) is 1. The number of hydrogen-bond donors (Lipinski definition) is 1. The number of carbonyl (C=O) groups is 1. The fraction of sp³-hybridized carbons (Fsp3) is 0.588. The molecule has 2 rings (SSSR count). The molecular weight excluding hydrogens is 250 g/mol. The van der Waals surface area contributed by atoms with Crippen LogP contribution in [0, 0.1) is 5.92 Å². The number of hydrogen-bond acceptors (Lipinski definition) is 3. The molecule has 0 amide bonds. The zero-order valence-electron chi connectivity index (χ0n) is 12.7. The van der Waals surface area contributed by atoms with Crippen molar-refractivity contribution < 1.29 is 9.53 Å². The fourth-order valence-corrected chi connectivity index (χ4v) is 2.80. The average molecular weight is 275 g/mol. The molecule has 20 heavy (non-hydrogen) atoms. The molecule has 1 aliphatic carbocycles. The second kappa shape index (κ2) is 5.86. The van der Waals surface area contributed by atoms with Crippen LogP contribution in [-0.4, -0.2) is 12.1 Å². The van der Waals surface area contributed by atoms with Crippen LogP contribution in [0.3, 0.4) is 0 Å². The van der Waals surface area contributed by atoms with E-state index in [1.54, 1.807) is 0 Å². The van der Waals surface area contributed by atoms with E-state index in [0.717, 1.165) is 24.8 Å². The van der Waals surface area contributed by atoms with Crippen LogP contribution in [0.4, 0.5) is 5.69 Å². The van der Waals surface area contributed by atoms with Crippen molar-refractivity contribution in [2.45, 2.75) is 58.0 Å². The maximum Gasteiger partial charge on any atom is 0.316 e. The minimum atomic E-state index is -0.631. The van der Waals surface area contributed by atoms with Crippen LogP contribution in [-0.2, 0) is 14.9 Å². The topological polar surface area (TPSA) is 52.3 Å². The maximum absolute atomic E-state index is 12.5. The number of anilines is 1. The van der Waals surface area contributed by atoms with Crippen molar-refractivity contribution in [1.82, 2.24) is 0 Å². The summed E-state index contributed by atoms with van der Waals surface area (Å²) in [4.78, 5) is 12.5. The van der Waals surface area contributed by atoms with E-state index in [4.69, 9.17) is 10.5 Å². The molecule has 0 aromatic heterocycles. The van der Waals surface area contributed by atoms with Gasteiger partial charge in [-0.1, -0.05) is 25.5 Å². The molecule has 0 spiro atoms. The molecule has 0 saturated heterocycles. The van der Waals surface area contributed by atoms with Gasteiger partial charge in [-0.15, -0.1) is 0 Å². The molecule has 1 aromatic carbocycles. The van der Waals surface area contributed by atoms with Gasteiger partial charge in [0.05, 0.1) is 5.41 Å². The van der Waals surface area contributed by atoms with Gasteiger partial charge in [-0.25, -0.2) is 0 Å². The fourth-order valence-electron chi connectivity index (χ4n) is 2.80. The second-order valence-electron chi connectivity index (χ2n) is 6.55. The van der Waals surface area contributed by atoms with Gasteiger partial charge in [0.25, 0.3) is 0 Å². The van der Waals surface area contributed by atoms with E-state index >= 15 is 0 Å². The van der Waals surface area contributed by atoms with E-state index in [-0.39, 0.29) is 12.1 Å². The van der Waals surface area contributed by atoms with Gasteiger partial charge in [-0.05, 0) is 56.7 Å². The van der Waals surface area contributed by atoms with Crippen LogP contribution < -0.4 is 5.73 Å². The molecule has 0 bridgehead atoms. The van der Waals surface area contributed by atoms with Gasteiger partial charge in [0.2, 0.25) is 0 Å². The number of rotatable bonds is 3. The summed E-state index contributed by atoms with van der Waals surface area (Å²) in [6.45, 7) is 6.05. The van der Waals surface area contributed by atoms with Crippen LogP contribution in [0.2, 0.25) is 0 Å². The normalized spacial score (nSPS) is 23.4. The summed E-state index contributed by atoms with van der Waals surface area (Å²) >= 11 is 0. The number of carbonyl (C=O) groups excluding carboxylic acids is 1. The molecule has 0 heterocycles. The van der Waals surface area contributed by atoms with Gasteiger partial charge in [0.1, 0.15) is 6.10 Å². The maximum atomic E-state index is 12.5. The molecule has 0 aliphatic heterocycles. The summed E-state index contributed by atoms with van der Waals surface area (Å²) in [6.07, 6.45) is 4.47. The summed E-state index contributed by atoms with van der Waals surface area (Å²) in [5.41, 5.74) is 6.72. The first-order valence-electron chi connectivity index (χ1n) is 7.46. The predicted molar refractivity (Wildman–Crippen MR) is 81.4 cm³/mol. The van der Waals surface area contributed by atoms with Crippen LogP contribution in [0.15, 0.2) is 24.3 Å². The minimum absolute atomic E-state index is 0.0827. The first kappa shape index (κ1) is 14.9. The van der Waals surface area contributed by atoms with Crippen LogP contribution >= 0.6 is 0 Å². The SMILES string of the molecule is CC1CCCC(OC(=O)C(C)(C)c2ccc(N)cc2)C1. The van der Waals surface area contributed by atoms with Gasteiger partial charge in [-0.3, -0.25) is 4.79 Å². The van der Waals surface area contributed by atoms with Crippen molar-refractivity contribution in [2.75, 3.05) is 5.73 Å². The Bertz CT molecular complexity index is 464. The molecule has 2 N–H and O–H groups in total. The van der Waals surface area contributed by atoms with Crippen molar-refractivity contribution in [2.24, 2.45) is 5.92 Å². The van der Waals surface area contributed by atoms with Crippen molar-refractivity contribution in [3.63, 3.8) is 0 Å². The summed E-state index contributed by atoms with van der Waals surface area (Å²) in [6, 6.07) is 7.46. The van der Waals surface area contributed by atoms with Crippen LogP contribution in [0.5, 0.6) is 0 Å². The molecule has 1 fully saturated rings. The summed E-state index contributed by atoms with van der Waals surface area (Å²) < 4.78 is 5.74. The third kappa shape index (κ3) is 3.33. The molecular formula is C17H25NO2. The second-order valence-corrected chi connectivity index (χ2v) is 6.55. The van der Waals surface area contributed by atoms with Crippen molar-refractivity contribution in [1.29, 1.82) is 0 Å². The van der Waals surface area contributed by atoms with E-state index in [1.165, 1.54) is 6.42 Å². The Kier molecular flexibility index (Phi) is 4.36. The zero-order chi connectivity index (χ0) is 14.8. The lowest BCUT2D eigenvalue weighted by Crippen LogP contribution is -2.35. The average Bonchev–Trinajstić information content (AvgIpc) is 2.39. The lowest BCUT2D eigenvalue weighted by atomic mass is 9.84. The first-order valence-corrected chi connectivity index (χ1v) is 7.46. The Morgan fingerprint density at radius 3 is 2.50 bits per heavy atom. The number of nitrogen functional groups attached to an aromatic ring is 1. The quantitative estimate of drug-likeness (QED) is 0.676. The Morgan fingerprint density at radius 1 is 1.25 bits per heavy atom. The minimum Gasteiger partial charge on any atom is -0.462 e. The van der Waals surface area contributed by atoms with Gasteiger partial charge < -0.3 is 10.5 Å². The molecule has 1 saturated carbocycles. The third-order valence-corrected chi connectivity index (χ3v) is 4.30. The van der Waals surface area contributed by atoms with E-state index in [1.807, 2.05) is 38.1 Å². The molecule has 1 aliphatic rings. The number of esters is 1. The smallest absolute Gasteiger partial charge is 0.316 e.